The van der Waals surface area contributed by atoms with Gasteiger partial charge in [0.2, 0.25) is 0 Å². The normalized spacial score (nSPS) is 13.6. The molecule has 0 bridgehead atoms. The molecule has 2 aromatic rings. The molecule has 0 unspecified atom stereocenters. The minimum atomic E-state index is -5.95. The molecule has 0 N–H and O–H groups in total. The van der Waals surface area contributed by atoms with Crippen LogP contribution < -0.4 is 0 Å². The molecule has 2 rings (SSSR count). The molecule has 4 nitrogen and oxygen atoms in total. The molecule has 1 radical (unpaired) electrons. The van der Waals surface area contributed by atoms with Gasteiger partial charge in [0.1, 0.15) is 0 Å². The monoisotopic (exact) mass is 465 g/mol. The molecule has 0 fully saturated rings. The molecule has 0 aliphatic rings. The summed E-state index contributed by atoms with van der Waals surface area (Å²) in [5.74, 6) is 0. The second kappa shape index (κ2) is 6.92. The minimum Gasteiger partial charge on any atom is -0.224 e. The van der Waals surface area contributed by atoms with Gasteiger partial charge in [-0.1, -0.05) is 11.6 Å². The van der Waals surface area contributed by atoms with E-state index in [2.05, 4.69) is 0 Å². The zero-order valence-electron chi connectivity index (χ0n) is 13.5. The predicted molar refractivity (Wildman–Crippen MR) is 87.1 cm³/mol. The van der Waals surface area contributed by atoms with E-state index in [0.29, 0.717) is 24.5 Å². The quantitative estimate of drug-likeness (QED) is 0.625. The fourth-order valence-electron chi connectivity index (χ4n) is 2.29. The summed E-state index contributed by atoms with van der Waals surface area (Å²) in [6.45, 7) is 0. The summed E-state index contributed by atoms with van der Waals surface area (Å²) in [4.78, 5) is -2.33. The Bertz CT molecular complexity index is 1140. The van der Waals surface area contributed by atoms with E-state index in [1.807, 2.05) is 6.07 Å². The maximum Gasteiger partial charge on any atom is 0.501 e. The van der Waals surface area contributed by atoms with Gasteiger partial charge >= 0.3 is 11.7 Å². The Morgan fingerprint density at radius 1 is 0.929 bits per heavy atom. The van der Waals surface area contributed by atoms with Gasteiger partial charge in [0.05, 0.1) is 15.4 Å². The van der Waals surface area contributed by atoms with Crippen LogP contribution in [0.25, 0.3) is 11.1 Å². The van der Waals surface area contributed by atoms with Crippen LogP contribution in [0.4, 0.5) is 26.3 Å². The first-order valence-corrected chi connectivity index (χ1v) is 10.6. The maximum absolute atomic E-state index is 13.4. The highest BCUT2D eigenvalue weighted by atomic mass is 35.5. The molecule has 0 atom stereocenters. The molecule has 2 aromatic carbocycles. The van der Waals surface area contributed by atoms with Gasteiger partial charge in [-0.25, -0.2) is 16.8 Å². The van der Waals surface area contributed by atoms with E-state index in [4.69, 9.17) is 11.6 Å². The summed E-state index contributed by atoms with van der Waals surface area (Å²) in [7, 11) is -10.2. The number of alkyl halides is 6. The summed E-state index contributed by atoms with van der Waals surface area (Å²) >= 11 is 5.62. The van der Waals surface area contributed by atoms with Crippen molar-refractivity contribution in [2.75, 3.05) is 6.26 Å². The second-order valence-corrected chi connectivity index (χ2v) is 9.86. The van der Waals surface area contributed by atoms with Gasteiger partial charge < -0.3 is 0 Å². The molecular weight excluding hydrogens is 458 g/mol. The van der Waals surface area contributed by atoms with Crippen LogP contribution in [0.1, 0.15) is 5.56 Å². The van der Waals surface area contributed by atoms with Crippen LogP contribution in [0.3, 0.4) is 0 Å². The standard InChI is InChI=1S/C15H8ClF6O4S2/c1-27(23,24)12-4-2-3-11(14(17,18)19)13(12)8-5-9(16)7-10(6-8)28(25,26)15(20,21)22/h3-7H,1H3. The Hall–Kier alpha value is -1.79. The average molecular weight is 466 g/mol. The largest absolute Gasteiger partial charge is 0.501 e. The third-order valence-electron chi connectivity index (χ3n) is 3.44. The highest BCUT2D eigenvalue weighted by Gasteiger charge is 2.47. The Morgan fingerprint density at radius 2 is 1.50 bits per heavy atom. The molecule has 13 heteroatoms. The SMILES string of the molecule is CS(=O)(=O)c1c[c]cc(C(F)(F)F)c1-c1cc(Cl)cc(S(=O)(=O)C(F)(F)F)c1. The van der Waals surface area contributed by atoms with E-state index in [1.54, 1.807) is 0 Å². The van der Waals surface area contributed by atoms with Crippen molar-refractivity contribution in [1.29, 1.82) is 0 Å². The topological polar surface area (TPSA) is 68.3 Å². The smallest absolute Gasteiger partial charge is 0.224 e. The number of hydrogen-bond acceptors (Lipinski definition) is 4. The third kappa shape index (κ3) is 4.28. The van der Waals surface area contributed by atoms with Crippen LogP contribution in [-0.2, 0) is 25.9 Å². The van der Waals surface area contributed by atoms with Crippen LogP contribution in [0, 0.1) is 6.07 Å². The Morgan fingerprint density at radius 3 is 1.96 bits per heavy atom. The van der Waals surface area contributed by atoms with Crippen molar-refractivity contribution in [3.63, 3.8) is 0 Å². The Labute approximate surface area is 160 Å². The summed E-state index contributed by atoms with van der Waals surface area (Å²) in [6.07, 6.45) is -4.53. The van der Waals surface area contributed by atoms with E-state index in [1.165, 1.54) is 0 Å². The molecule has 0 saturated heterocycles. The zero-order chi connectivity index (χ0) is 21.7. The summed E-state index contributed by atoms with van der Waals surface area (Å²) < 4.78 is 126. The van der Waals surface area contributed by atoms with Gasteiger partial charge in [-0.2, -0.15) is 26.3 Å². The van der Waals surface area contributed by atoms with E-state index in [-0.39, 0.29) is 6.07 Å². The molecule has 0 heterocycles. The summed E-state index contributed by atoms with van der Waals surface area (Å²) in [5, 5.41) is -0.638. The lowest BCUT2D eigenvalue weighted by molar-refractivity contribution is -0.137. The summed E-state index contributed by atoms with van der Waals surface area (Å²) in [5.41, 5.74) is -9.08. The number of benzene rings is 2. The van der Waals surface area contributed by atoms with E-state index >= 15 is 0 Å². The van der Waals surface area contributed by atoms with Gasteiger partial charge in [0.25, 0.3) is 9.84 Å². The van der Waals surface area contributed by atoms with Gasteiger partial charge in [-0.3, -0.25) is 0 Å². The highest BCUT2D eigenvalue weighted by molar-refractivity contribution is 7.92. The molecule has 28 heavy (non-hydrogen) atoms. The Kier molecular flexibility index (Phi) is 5.56. The number of halogens is 7. The van der Waals surface area contributed by atoms with Gasteiger partial charge in [-0.05, 0) is 42.0 Å². The van der Waals surface area contributed by atoms with Crippen molar-refractivity contribution >= 4 is 31.3 Å². The first kappa shape index (κ1) is 22.5. The van der Waals surface area contributed by atoms with Gasteiger partial charge in [-0.15, -0.1) is 0 Å². The average Bonchev–Trinajstić information content (AvgIpc) is 2.50. The Balaban J connectivity index is 2.98. The molecule has 0 aliphatic carbocycles. The highest BCUT2D eigenvalue weighted by Crippen LogP contribution is 2.42. The van der Waals surface area contributed by atoms with Gasteiger partial charge in [0.15, 0.2) is 9.84 Å². The van der Waals surface area contributed by atoms with Crippen molar-refractivity contribution < 1.29 is 43.2 Å². The molecule has 0 amide bonds. The van der Waals surface area contributed by atoms with Crippen LogP contribution in [-0.4, -0.2) is 28.6 Å². The maximum atomic E-state index is 13.4. The van der Waals surface area contributed by atoms with Crippen LogP contribution in [0.2, 0.25) is 5.02 Å². The number of rotatable bonds is 3. The molecule has 0 aliphatic heterocycles. The number of hydrogen-bond donors (Lipinski definition) is 0. The van der Waals surface area contributed by atoms with Crippen LogP contribution >= 0.6 is 11.6 Å². The van der Waals surface area contributed by atoms with E-state index in [9.17, 15) is 43.2 Å². The summed E-state index contributed by atoms with van der Waals surface area (Å²) in [6, 6.07) is 4.51. The zero-order valence-corrected chi connectivity index (χ0v) is 15.9. The van der Waals surface area contributed by atoms with Crippen molar-refractivity contribution in [3.8, 4) is 11.1 Å². The molecule has 0 saturated carbocycles. The number of sulfone groups is 2. The van der Waals surface area contributed by atoms with Gasteiger partial charge in [0, 0.05) is 16.8 Å². The fraction of sp³-hybridized carbons (Fsp3) is 0.200. The van der Waals surface area contributed by atoms with Crippen molar-refractivity contribution in [1.82, 2.24) is 0 Å². The molecule has 153 valence electrons. The molecular formula is C15H8ClF6O4S2. The lowest BCUT2D eigenvalue weighted by Gasteiger charge is -2.17. The molecule has 0 aromatic heterocycles. The predicted octanol–water partition coefficient (Wildman–Crippen LogP) is 4.52. The molecule has 0 spiro atoms. The lowest BCUT2D eigenvalue weighted by Crippen LogP contribution is -2.23. The van der Waals surface area contributed by atoms with Crippen molar-refractivity contribution in [2.45, 2.75) is 21.5 Å². The van der Waals surface area contributed by atoms with Crippen LogP contribution in [0.5, 0.6) is 0 Å². The second-order valence-electron chi connectivity index (χ2n) is 5.50. The third-order valence-corrected chi connectivity index (χ3v) is 6.24. The first-order valence-electron chi connectivity index (χ1n) is 6.90. The van der Waals surface area contributed by atoms with E-state index < -0.39 is 62.9 Å². The van der Waals surface area contributed by atoms with Crippen LogP contribution in [0.15, 0.2) is 40.1 Å². The fourth-order valence-corrected chi connectivity index (χ4v) is 4.30. The van der Waals surface area contributed by atoms with Crippen molar-refractivity contribution in [2.24, 2.45) is 0 Å². The van der Waals surface area contributed by atoms with E-state index in [0.717, 1.165) is 6.07 Å². The lowest BCUT2D eigenvalue weighted by atomic mass is 9.99. The van der Waals surface area contributed by atoms with Crippen molar-refractivity contribution in [3.05, 3.63) is 47.0 Å². The minimum absolute atomic E-state index is 0.286. The first-order chi connectivity index (χ1) is 12.5.